The van der Waals surface area contributed by atoms with Gasteiger partial charge in [-0.05, 0) is 24.8 Å². The normalized spacial score (nSPS) is 20.7. The number of fused-ring (bicyclic) bond motifs is 1. The Bertz CT molecular complexity index is 701. The van der Waals surface area contributed by atoms with Crippen LogP contribution < -0.4 is 10.6 Å². The highest BCUT2D eigenvalue weighted by molar-refractivity contribution is 7.99. The average Bonchev–Trinajstić information content (AvgIpc) is 2.98. The van der Waals surface area contributed by atoms with Crippen LogP contribution in [0.3, 0.4) is 0 Å². The second kappa shape index (κ2) is 7.61. The van der Waals surface area contributed by atoms with Gasteiger partial charge >= 0.3 is 6.03 Å². The highest BCUT2D eigenvalue weighted by Gasteiger charge is 2.23. The fourth-order valence-corrected chi connectivity index (χ4v) is 3.43. The van der Waals surface area contributed by atoms with Crippen LogP contribution in [0.4, 0.5) is 4.79 Å². The molecule has 2 heterocycles. The zero-order valence-corrected chi connectivity index (χ0v) is 14.3. The summed E-state index contributed by atoms with van der Waals surface area (Å²) in [5.74, 6) is 0.630. The Kier molecular flexibility index (Phi) is 5.29. The van der Waals surface area contributed by atoms with Crippen molar-refractivity contribution in [1.29, 1.82) is 0 Å². The molecule has 3 amide bonds. The number of imide groups is 1. The number of nitrogens with zero attached hydrogens (tertiary/aromatic N) is 4. The molecule has 1 aliphatic rings. The maximum absolute atomic E-state index is 11.9. The van der Waals surface area contributed by atoms with Crippen molar-refractivity contribution in [2.45, 2.75) is 43.8 Å². The van der Waals surface area contributed by atoms with Crippen LogP contribution in [-0.4, -0.2) is 43.3 Å². The van der Waals surface area contributed by atoms with Crippen molar-refractivity contribution >= 4 is 29.5 Å². The van der Waals surface area contributed by atoms with Gasteiger partial charge in [-0.15, -0.1) is 5.10 Å². The molecule has 0 aromatic carbocycles. The standard InChI is InChI=1S/C15H20N6O2S/c1-10-5-2-3-6-11(10)17-14(23)18-12(22)9-24-15-19-13-16-7-4-8-21(13)20-15/h4,7-8,10-11H,2-3,5-6,9H2,1H3,(H2,17,18,22,23)/t10-,11-/m1/s1. The molecule has 0 aliphatic heterocycles. The first-order chi connectivity index (χ1) is 11.6. The lowest BCUT2D eigenvalue weighted by atomic mass is 9.86. The Balaban J connectivity index is 1.45. The summed E-state index contributed by atoms with van der Waals surface area (Å²) >= 11 is 1.17. The average molecular weight is 348 g/mol. The van der Waals surface area contributed by atoms with E-state index in [4.69, 9.17) is 0 Å². The van der Waals surface area contributed by atoms with Crippen LogP contribution in [0, 0.1) is 5.92 Å². The number of amides is 3. The maximum Gasteiger partial charge on any atom is 0.321 e. The minimum absolute atomic E-state index is 0.0739. The van der Waals surface area contributed by atoms with Gasteiger partial charge in [0.25, 0.3) is 5.78 Å². The molecule has 3 rings (SSSR count). The first-order valence-corrected chi connectivity index (χ1v) is 9.01. The molecule has 1 fully saturated rings. The molecule has 2 aromatic heterocycles. The molecular formula is C15H20N6O2S. The number of carbonyl (C=O) groups excluding carboxylic acids is 2. The summed E-state index contributed by atoms with van der Waals surface area (Å²) in [5, 5.41) is 9.90. The number of hydrogen-bond donors (Lipinski definition) is 2. The van der Waals surface area contributed by atoms with E-state index in [1.165, 1.54) is 22.7 Å². The summed E-state index contributed by atoms with van der Waals surface area (Å²) in [6.45, 7) is 2.13. The van der Waals surface area contributed by atoms with Crippen molar-refractivity contribution < 1.29 is 9.59 Å². The Morgan fingerprint density at radius 1 is 1.38 bits per heavy atom. The SMILES string of the molecule is C[C@@H]1CCCC[C@H]1NC(=O)NC(=O)CSc1nc2ncccn2n1. The molecule has 24 heavy (non-hydrogen) atoms. The Morgan fingerprint density at radius 3 is 3.00 bits per heavy atom. The van der Waals surface area contributed by atoms with Crippen molar-refractivity contribution in [3.63, 3.8) is 0 Å². The van der Waals surface area contributed by atoms with Gasteiger partial charge in [-0.25, -0.2) is 14.3 Å². The molecule has 0 unspecified atom stereocenters. The van der Waals surface area contributed by atoms with Crippen LogP contribution in [0.25, 0.3) is 5.78 Å². The minimum atomic E-state index is -0.427. The van der Waals surface area contributed by atoms with Gasteiger partial charge in [-0.1, -0.05) is 31.5 Å². The third kappa shape index (κ3) is 4.22. The van der Waals surface area contributed by atoms with E-state index in [0.29, 0.717) is 16.9 Å². The Labute approximate surface area is 143 Å². The predicted octanol–water partition coefficient (Wildman–Crippen LogP) is 1.62. The van der Waals surface area contributed by atoms with Crippen LogP contribution in [0.5, 0.6) is 0 Å². The third-order valence-electron chi connectivity index (χ3n) is 4.11. The molecule has 2 atom stereocenters. The molecule has 1 saturated carbocycles. The van der Waals surface area contributed by atoms with Crippen molar-refractivity contribution in [2.75, 3.05) is 5.75 Å². The number of urea groups is 1. The van der Waals surface area contributed by atoms with E-state index < -0.39 is 6.03 Å². The van der Waals surface area contributed by atoms with Crippen molar-refractivity contribution in [3.8, 4) is 0 Å². The number of carbonyl (C=O) groups is 2. The largest absolute Gasteiger partial charge is 0.335 e. The highest BCUT2D eigenvalue weighted by Crippen LogP contribution is 2.23. The van der Waals surface area contributed by atoms with Gasteiger partial charge in [-0.2, -0.15) is 4.98 Å². The minimum Gasteiger partial charge on any atom is -0.335 e. The molecule has 9 heteroatoms. The monoisotopic (exact) mass is 348 g/mol. The molecule has 2 N–H and O–H groups in total. The number of aromatic nitrogens is 4. The summed E-state index contributed by atoms with van der Waals surface area (Å²) < 4.78 is 1.54. The van der Waals surface area contributed by atoms with Gasteiger partial charge in [0.1, 0.15) is 0 Å². The summed E-state index contributed by atoms with van der Waals surface area (Å²) in [6, 6.07) is 1.47. The van der Waals surface area contributed by atoms with Gasteiger partial charge in [0, 0.05) is 18.4 Å². The molecule has 1 aliphatic carbocycles. The summed E-state index contributed by atoms with van der Waals surface area (Å²) in [6.07, 6.45) is 7.77. The van der Waals surface area contributed by atoms with Crippen LogP contribution in [0.1, 0.15) is 32.6 Å². The zero-order chi connectivity index (χ0) is 16.9. The smallest absolute Gasteiger partial charge is 0.321 e. The molecule has 0 saturated heterocycles. The molecule has 0 spiro atoms. The van der Waals surface area contributed by atoms with E-state index in [1.807, 2.05) is 0 Å². The van der Waals surface area contributed by atoms with Gasteiger partial charge in [0.2, 0.25) is 11.1 Å². The van der Waals surface area contributed by atoms with Crippen LogP contribution in [-0.2, 0) is 4.79 Å². The number of thioether (sulfide) groups is 1. The lowest BCUT2D eigenvalue weighted by Crippen LogP contribution is -2.48. The van der Waals surface area contributed by atoms with Crippen LogP contribution >= 0.6 is 11.8 Å². The van der Waals surface area contributed by atoms with Crippen molar-refractivity contribution in [1.82, 2.24) is 30.2 Å². The second-order valence-electron chi connectivity index (χ2n) is 5.94. The second-order valence-corrected chi connectivity index (χ2v) is 6.88. The molecule has 2 aromatic rings. The lowest BCUT2D eigenvalue weighted by Gasteiger charge is -2.29. The molecular weight excluding hydrogens is 328 g/mol. The van der Waals surface area contributed by atoms with Gasteiger partial charge < -0.3 is 5.32 Å². The topological polar surface area (TPSA) is 101 Å². The van der Waals surface area contributed by atoms with E-state index in [9.17, 15) is 9.59 Å². The number of nitrogens with one attached hydrogen (secondary N) is 2. The Morgan fingerprint density at radius 2 is 2.21 bits per heavy atom. The van der Waals surface area contributed by atoms with E-state index in [1.54, 1.807) is 18.5 Å². The number of rotatable bonds is 4. The summed E-state index contributed by atoms with van der Waals surface area (Å²) in [5.41, 5.74) is 0. The van der Waals surface area contributed by atoms with E-state index >= 15 is 0 Å². The quantitative estimate of drug-likeness (QED) is 0.814. The van der Waals surface area contributed by atoms with Gasteiger partial charge in [-0.3, -0.25) is 10.1 Å². The summed E-state index contributed by atoms with van der Waals surface area (Å²) in [7, 11) is 0. The van der Waals surface area contributed by atoms with Gasteiger partial charge in [0.15, 0.2) is 0 Å². The molecule has 8 nitrogen and oxygen atoms in total. The molecule has 128 valence electrons. The first-order valence-electron chi connectivity index (χ1n) is 8.02. The van der Waals surface area contributed by atoms with Crippen LogP contribution in [0.15, 0.2) is 23.6 Å². The first kappa shape index (κ1) is 16.7. The highest BCUT2D eigenvalue weighted by atomic mass is 32.2. The van der Waals surface area contributed by atoms with Crippen molar-refractivity contribution in [2.24, 2.45) is 5.92 Å². The molecule has 0 radical (unpaired) electrons. The van der Waals surface area contributed by atoms with Crippen LogP contribution in [0.2, 0.25) is 0 Å². The fraction of sp³-hybridized carbons (Fsp3) is 0.533. The predicted molar refractivity (Wildman–Crippen MR) is 89.6 cm³/mol. The maximum atomic E-state index is 11.9. The number of hydrogen-bond acceptors (Lipinski definition) is 6. The third-order valence-corrected chi connectivity index (χ3v) is 4.95. The zero-order valence-electron chi connectivity index (χ0n) is 13.4. The van der Waals surface area contributed by atoms with E-state index in [-0.39, 0.29) is 17.7 Å². The Hall–Kier alpha value is -2.16. The van der Waals surface area contributed by atoms with E-state index in [0.717, 1.165) is 19.3 Å². The van der Waals surface area contributed by atoms with Gasteiger partial charge in [0.05, 0.1) is 5.75 Å². The lowest BCUT2D eigenvalue weighted by molar-refractivity contribution is -0.117. The summed E-state index contributed by atoms with van der Waals surface area (Å²) in [4.78, 5) is 32.1. The fourth-order valence-electron chi connectivity index (χ4n) is 2.80. The van der Waals surface area contributed by atoms with Crippen molar-refractivity contribution in [3.05, 3.63) is 18.5 Å². The van der Waals surface area contributed by atoms with E-state index in [2.05, 4.69) is 32.6 Å². The molecule has 0 bridgehead atoms.